The Morgan fingerprint density at radius 1 is 1.03 bits per heavy atom. The summed E-state index contributed by atoms with van der Waals surface area (Å²) < 4.78 is 88.4. The second-order valence-corrected chi connectivity index (χ2v) is 13.0. The number of imidazole rings is 1. The molecule has 4 aromatic rings. The normalized spacial score (nSPS) is 15.3. The summed E-state index contributed by atoms with van der Waals surface area (Å²) in [6, 6.07) is 11.7. The standard InChI is InChI=1S/C24H18F3N5O4S2/c1-2-37(33,34)19-9-15(14-3-5-16(6-4-14)23(13-28)7-8-23)11-29-20(19)22-31-18-10-17(12-30-21(18)32-22)38(35,36)24(25,26)27/h3-6,9-12H,2,7-8H2,1H3,(H,30,31,32). The van der Waals surface area contributed by atoms with Gasteiger partial charge in [-0.25, -0.2) is 26.8 Å². The van der Waals surface area contributed by atoms with Crippen molar-refractivity contribution in [2.24, 2.45) is 0 Å². The van der Waals surface area contributed by atoms with Gasteiger partial charge in [0.2, 0.25) is 0 Å². The number of hydrogen-bond acceptors (Lipinski definition) is 8. The molecule has 0 aliphatic heterocycles. The van der Waals surface area contributed by atoms with Gasteiger partial charge in [-0.05, 0) is 36.1 Å². The topological polar surface area (TPSA) is 147 Å². The Labute approximate surface area is 215 Å². The molecule has 38 heavy (non-hydrogen) atoms. The van der Waals surface area contributed by atoms with E-state index in [4.69, 9.17) is 0 Å². The highest BCUT2D eigenvalue weighted by molar-refractivity contribution is 7.92. The van der Waals surface area contributed by atoms with E-state index in [1.165, 1.54) is 19.2 Å². The zero-order valence-electron chi connectivity index (χ0n) is 19.6. The van der Waals surface area contributed by atoms with E-state index in [0.717, 1.165) is 24.5 Å². The molecule has 0 saturated heterocycles. The van der Waals surface area contributed by atoms with Gasteiger partial charge < -0.3 is 4.98 Å². The van der Waals surface area contributed by atoms with Gasteiger partial charge in [0.1, 0.15) is 5.69 Å². The molecule has 1 aliphatic rings. The van der Waals surface area contributed by atoms with Crippen molar-refractivity contribution in [3.8, 4) is 28.7 Å². The lowest BCUT2D eigenvalue weighted by Gasteiger charge is -2.11. The van der Waals surface area contributed by atoms with Crippen molar-refractivity contribution in [2.45, 2.75) is 40.5 Å². The number of rotatable bonds is 6. The van der Waals surface area contributed by atoms with Crippen LogP contribution < -0.4 is 0 Å². The fraction of sp³-hybridized carbons (Fsp3) is 0.250. The number of aromatic amines is 1. The summed E-state index contributed by atoms with van der Waals surface area (Å²) >= 11 is 0. The smallest absolute Gasteiger partial charge is 0.335 e. The van der Waals surface area contributed by atoms with Gasteiger partial charge in [-0.2, -0.15) is 18.4 Å². The largest absolute Gasteiger partial charge is 0.501 e. The number of hydrogen-bond donors (Lipinski definition) is 1. The average Bonchev–Trinajstić information content (AvgIpc) is 3.58. The Bertz CT molecular complexity index is 1840. The van der Waals surface area contributed by atoms with Crippen LogP contribution >= 0.6 is 0 Å². The first kappa shape index (κ1) is 25.8. The second-order valence-electron chi connectivity index (χ2n) is 8.82. The van der Waals surface area contributed by atoms with Crippen molar-refractivity contribution in [1.29, 1.82) is 5.26 Å². The summed E-state index contributed by atoms with van der Waals surface area (Å²) in [7, 11) is -9.50. The Balaban J connectivity index is 1.59. The average molecular weight is 562 g/mol. The number of fused-ring (bicyclic) bond motifs is 1. The van der Waals surface area contributed by atoms with Crippen LogP contribution in [-0.2, 0) is 25.1 Å². The van der Waals surface area contributed by atoms with Gasteiger partial charge in [0.05, 0.1) is 32.5 Å². The molecule has 1 saturated carbocycles. The summed E-state index contributed by atoms with van der Waals surface area (Å²) in [6.07, 6.45) is 3.54. The van der Waals surface area contributed by atoms with Gasteiger partial charge >= 0.3 is 5.51 Å². The monoisotopic (exact) mass is 561 g/mol. The van der Waals surface area contributed by atoms with E-state index >= 15 is 0 Å². The third-order valence-corrected chi connectivity index (χ3v) is 9.65. The van der Waals surface area contributed by atoms with Crippen LogP contribution in [0.2, 0.25) is 0 Å². The van der Waals surface area contributed by atoms with E-state index < -0.39 is 35.5 Å². The van der Waals surface area contributed by atoms with Crippen molar-refractivity contribution in [1.82, 2.24) is 19.9 Å². The lowest BCUT2D eigenvalue weighted by atomic mass is 9.95. The fourth-order valence-corrected chi connectivity index (χ4v) is 5.81. The number of pyridine rings is 2. The van der Waals surface area contributed by atoms with Crippen molar-refractivity contribution >= 4 is 30.8 Å². The minimum atomic E-state index is -5.64. The van der Waals surface area contributed by atoms with Gasteiger partial charge in [0.15, 0.2) is 21.3 Å². The van der Waals surface area contributed by atoms with Gasteiger partial charge in [-0.3, -0.25) is 4.98 Å². The molecule has 196 valence electrons. The van der Waals surface area contributed by atoms with E-state index in [2.05, 4.69) is 26.0 Å². The maximum Gasteiger partial charge on any atom is 0.501 e. The predicted octanol–water partition coefficient (Wildman–Crippen LogP) is 4.33. The summed E-state index contributed by atoms with van der Waals surface area (Å²) in [5.41, 5.74) is -4.29. The fourth-order valence-electron chi connectivity index (χ4n) is 4.02. The maximum atomic E-state index is 13.0. The van der Waals surface area contributed by atoms with Crippen LogP contribution in [0.25, 0.3) is 33.8 Å². The Morgan fingerprint density at radius 3 is 2.29 bits per heavy atom. The van der Waals surface area contributed by atoms with Crippen molar-refractivity contribution < 1.29 is 30.0 Å². The Hall–Kier alpha value is -3.83. The van der Waals surface area contributed by atoms with E-state index in [9.17, 15) is 35.3 Å². The maximum absolute atomic E-state index is 13.0. The summed E-state index contributed by atoms with van der Waals surface area (Å²) in [6.45, 7) is 1.45. The van der Waals surface area contributed by atoms with E-state index in [0.29, 0.717) is 17.3 Å². The van der Waals surface area contributed by atoms with Crippen LogP contribution in [0.15, 0.2) is 58.6 Å². The predicted molar refractivity (Wildman–Crippen MR) is 130 cm³/mol. The molecular formula is C24H18F3N5O4S2. The number of aromatic nitrogens is 4. The quantitative estimate of drug-likeness (QED) is 0.366. The number of H-pyrrole nitrogens is 1. The molecular weight excluding hydrogens is 543 g/mol. The highest BCUT2D eigenvalue weighted by Crippen LogP contribution is 2.47. The second kappa shape index (κ2) is 8.60. The molecule has 14 heteroatoms. The molecule has 3 aromatic heterocycles. The lowest BCUT2D eigenvalue weighted by Crippen LogP contribution is -2.23. The van der Waals surface area contributed by atoms with E-state index in [1.54, 1.807) is 12.1 Å². The summed E-state index contributed by atoms with van der Waals surface area (Å²) in [4.78, 5) is 13.5. The SMILES string of the molecule is CCS(=O)(=O)c1cc(-c2ccc(C3(C#N)CC3)cc2)cnc1-c1nc2ncc(S(=O)(=O)C(F)(F)F)cc2[nH]1. The molecule has 0 spiro atoms. The van der Waals surface area contributed by atoms with Crippen LogP contribution in [0, 0.1) is 11.3 Å². The highest BCUT2D eigenvalue weighted by atomic mass is 32.2. The summed E-state index contributed by atoms with van der Waals surface area (Å²) in [5.74, 6) is -0.367. The Morgan fingerprint density at radius 2 is 1.71 bits per heavy atom. The number of sulfone groups is 2. The number of nitrogens with zero attached hydrogens (tertiary/aromatic N) is 4. The van der Waals surface area contributed by atoms with Crippen molar-refractivity contribution in [3.63, 3.8) is 0 Å². The first-order chi connectivity index (χ1) is 17.8. The first-order valence-electron chi connectivity index (χ1n) is 11.2. The van der Waals surface area contributed by atoms with Crippen molar-refractivity contribution in [3.05, 3.63) is 54.4 Å². The molecule has 5 rings (SSSR count). The third-order valence-electron chi connectivity index (χ3n) is 6.45. The number of nitriles is 1. The van der Waals surface area contributed by atoms with Crippen LogP contribution in [0.5, 0.6) is 0 Å². The number of alkyl halides is 3. The molecule has 3 heterocycles. The van der Waals surface area contributed by atoms with Crippen LogP contribution in [0.1, 0.15) is 25.3 Å². The zero-order valence-corrected chi connectivity index (χ0v) is 21.2. The lowest BCUT2D eigenvalue weighted by molar-refractivity contribution is -0.0436. The van der Waals surface area contributed by atoms with Crippen LogP contribution in [0.4, 0.5) is 13.2 Å². The zero-order chi connectivity index (χ0) is 27.5. The number of benzene rings is 1. The van der Waals surface area contributed by atoms with Crippen LogP contribution in [0.3, 0.4) is 0 Å². The molecule has 0 amide bonds. The minimum Gasteiger partial charge on any atom is -0.335 e. The van der Waals surface area contributed by atoms with Gasteiger partial charge in [-0.1, -0.05) is 31.2 Å². The number of halogens is 3. The van der Waals surface area contributed by atoms with Gasteiger partial charge in [0, 0.05) is 18.0 Å². The third kappa shape index (κ3) is 4.21. The minimum absolute atomic E-state index is 0.0909. The molecule has 0 unspecified atom stereocenters. The molecule has 0 radical (unpaired) electrons. The van der Waals surface area contributed by atoms with E-state index in [1.807, 2.05) is 12.1 Å². The number of nitrogens with one attached hydrogen (secondary N) is 1. The van der Waals surface area contributed by atoms with Crippen LogP contribution in [-0.4, -0.2) is 48.0 Å². The highest BCUT2D eigenvalue weighted by Gasteiger charge is 2.47. The van der Waals surface area contributed by atoms with Gasteiger partial charge in [-0.15, -0.1) is 0 Å². The molecule has 1 fully saturated rings. The van der Waals surface area contributed by atoms with E-state index in [-0.39, 0.29) is 33.3 Å². The Kier molecular flexibility index (Phi) is 5.84. The molecule has 9 nitrogen and oxygen atoms in total. The molecule has 1 N–H and O–H groups in total. The van der Waals surface area contributed by atoms with Gasteiger partial charge in [0.25, 0.3) is 9.84 Å². The molecule has 1 aliphatic carbocycles. The molecule has 1 aromatic carbocycles. The first-order valence-corrected chi connectivity index (χ1v) is 14.4. The molecule has 0 atom stereocenters. The van der Waals surface area contributed by atoms with Crippen molar-refractivity contribution in [2.75, 3.05) is 5.75 Å². The molecule has 0 bridgehead atoms. The summed E-state index contributed by atoms with van der Waals surface area (Å²) in [5, 5.41) is 9.41.